The molecule has 2 aliphatic heterocycles. The molecule has 0 amide bonds. The highest BCUT2D eigenvalue weighted by Gasteiger charge is 2.30. The van der Waals surface area contributed by atoms with Crippen LogP contribution in [-0.4, -0.2) is 68.2 Å². The minimum absolute atomic E-state index is 0.238. The number of halogens is 2. The van der Waals surface area contributed by atoms with E-state index in [2.05, 4.69) is 36.0 Å². The van der Waals surface area contributed by atoms with Gasteiger partial charge in [0.25, 0.3) is 0 Å². The second-order valence-corrected chi connectivity index (χ2v) is 7.04. The number of likely N-dealkylation sites (tertiary alicyclic amines) is 1. The van der Waals surface area contributed by atoms with Crippen LogP contribution < -0.4 is 5.32 Å². The Morgan fingerprint density at radius 1 is 1.38 bits per heavy atom. The highest BCUT2D eigenvalue weighted by atomic mass is 79.9. The summed E-state index contributed by atoms with van der Waals surface area (Å²) in [6.45, 7) is 6.24. The average molecular weight is 399 g/mol. The molecule has 0 bridgehead atoms. The Balaban J connectivity index is 1.53. The molecule has 2 fully saturated rings. The lowest BCUT2D eigenvalue weighted by Crippen LogP contribution is -2.46. The zero-order chi connectivity index (χ0) is 16.9. The van der Waals surface area contributed by atoms with E-state index in [0.717, 1.165) is 57.3 Å². The molecule has 1 aromatic carbocycles. The van der Waals surface area contributed by atoms with E-state index in [1.807, 2.05) is 6.07 Å². The van der Waals surface area contributed by atoms with Gasteiger partial charge < -0.3 is 15.0 Å². The molecular formula is C17H24BrFN4O. The molecule has 2 aliphatic rings. The van der Waals surface area contributed by atoms with Crippen molar-refractivity contribution in [3.05, 3.63) is 34.1 Å². The molecule has 3 rings (SSSR count). The van der Waals surface area contributed by atoms with Crippen LogP contribution in [0.25, 0.3) is 0 Å². The van der Waals surface area contributed by atoms with E-state index >= 15 is 0 Å². The van der Waals surface area contributed by atoms with Crippen LogP contribution >= 0.6 is 15.9 Å². The van der Waals surface area contributed by atoms with Crippen molar-refractivity contribution in [1.82, 2.24) is 15.1 Å². The van der Waals surface area contributed by atoms with Gasteiger partial charge >= 0.3 is 0 Å². The van der Waals surface area contributed by atoms with Crippen molar-refractivity contribution in [2.24, 2.45) is 4.99 Å². The number of nitrogens with zero attached hydrogens (tertiary/aromatic N) is 3. The topological polar surface area (TPSA) is 40.1 Å². The van der Waals surface area contributed by atoms with Crippen molar-refractivity contribution in [3.63, 3.8) is 0 Å². The fraction of sp³-hybridized carbons (Fsp3) is 0.588. The van der Waals surface area contributed by atoms with Gasteiger partial charge in [0.05, 0.1) is 17.7 Å². The minimum atomic E-state index is -0.238. The summed E-state index contributed by atoms with van der Waals surface area (Å²) in [5, 5.41) is 3.35. The van der Waals surface area contributed by atoms with Crippen LogP contribution in [0.5, 0.6) is 0 Å². The Kier molecular flexibility index (Phi) is 6.08. The molecule has 0 aliphatic carbocycles. The van der Waals surface area contributed by atoms with Gasteiger partial charge in [-0.1, -0.05) is 6.07 Å². The Morgan fingerprint density at radius 2 is 2.17 bits per heavy atom. The number of aliphatic imine (C=N–C) groups is 1. The number of hydrogen-bond donors (Lipinski definition) is 1. The van der Waals surface area contributed by atoms with Crippen molar-refractivity contribution in [3.8, 4) is 0 Å². The van der Waals surface area contributed by atoms with Crippen molar-refractivity contribution in [2.75, 3.05) is 46.4 Å². The molecular weight excluding hydrogens is 375 g/mol. The van der Waals surface area contributed by atoms with Gasteiger partial charge in [-0.3, -0.25) is 9.89 Å². The summed E-state index contributed by atoms with van der Waals surface area (Å²) in [4.78, 5) is 9.19. The first-order chi connectivity index (χ1) is 11.7. The third-order valence-corrected chi connectivity index (χ3v) is 5.31. The maximum Gasteiger partial charge on any atom is 0.193 e. The van der Waals surface area contributed by atoms with Crippen molar-refractivity contribution in [1.29, 1.82) is 0 Å². The van der Waals surface area contributed by atoms with Crippen LogP contribution in [0.4, 0.5) is 4.39 Å². The largest absolute Gasteiger partial charge is 0.379 e. The quantitative estimate of drug-likeness (QED) is 0.624. The Hall–Kier alpha value is -1.18. The minimum Gasteiger partial charge on any atom is -0.379 e. The predicted octanol–water partition coefficient (Wildman–Crippen LogP) is 2.07. The average Bonchev–Trinajstić information content (AvgIpc) is 3.09. The van der Waals surface area contributed by atoms with Gasteiger partial charge in [-0.2, -0.15) is 0 Å². The second-order valence-electron chi connectivity index (χ2n) is 6.19. The van der Waals surface area contributed by atoms with Gasteiger partial charge in [0.15, 0.2) is 5.96 Å². The van der Waals surface area contributed by atoms with Crippen molar-refractivity contribution >= 4 is 21.9 Å². The number of nitrogens with one attached hydrogen (secondary N) is 1. The summed E-state index contributed by atoms with van der Waals surface area (Å²) >= 11 is 3.18. The van der Waals surface area contributed by atoms with Crippen molar-refractivity contribution < 1.29 is 9.13 Å². The molecule has 1 aromatic rings. The lowest BCUT2D eigenvalue weighted by molar-refractivity contribution is 0.0195. The van der Waals surface area contributed by atoms with Gasteiger partial charge in [-0.25, -0.2) is 4.39 Å². The number of benzene rings is 1. The van der Waals surface area contributed by atoms with Gasteiger partial charge in [-0.05, 0) is 40.0 Å². The van der Waals surface area contributed by atoms with E-state index < -0.39 is 0 Å². The van der Waals surface area contributed by atoms with E-state index in [1.54, 1.807) is 19.2 Å². The lowest BCUT2D eigenvalue weighted by atomic mass is 10.2. The highest BCUT2D eigenvalue weighted by molar-refractivity contribution is 9.10. The van der Waals surface area contributed by atoms with Gasteiger partial charge in [-0.15, -0.1) is 0 Å². The number of rotatable bonds is 3. The van der Waals surface area contributed by atoms with Gasteiger partial charge in [0, 0.05) is 45.8 Å². The van der Waals surface area contributed by atoms with Gasteiger partial charge in [0.2, 0.25) is 0 Å². The van der Waals surface area contributed by atoms with E-state index in [1.165, 1.54) is 0 Å². The number of ether oxygens (including phenoxy) is 1. The van der Waals surface area contributed by atoms with E-state index in [4.69, 9.17) is 4.74 Å². The molecule has 0 radical (unpaired) electrons. The number of morpholine rings is 1. The van der Waals surface area contributed by atoms with Crippen LogP contribution in [0.1, 0.15) is 12.0 Å². The van der Waals surface area contributed by atoms with E-state index in [-0.39, 0.29) is 5.82 Å². The Labute approximate surface area is 151 Å². The maximum absolute atomic E-state index is 13.6. The molecule has 0 aromatic heterocycles. The Bertz CT molecular complexity index is 592. The summed E-state index contributed by atoms with van der Waals surface area (Å²) in [7, 11) is 1.80. The first-order valence-corrected chi connectivity index (χ1v) is 9.18. The zero-order valence-corrected chi connectivity index (χ0v) is 15.6. The van der Waals surface area contributed by atoms with E-state index in [0.29, 0.717) is 17.1 Å². The third kappa shape index (κ3) is 4.26. The Morgan fingerprint density at radius 3 is 2.88 bits per heavy atom. The van der Waals surface area contributed by atoms with Crippen molar-refractivity contribution in [2.45, 2.75) is 19.0 Å². The third-order valence-electron chi connectivity index (χ3n) is 4.67. The number of guanidine groups is 1. The summed E-state index contributed by atoms with van der Waals surface area (Å²) in [6, 6.07) is 5.76. The summed E-state index contributed by atoms with van der Waals surface area (Å²) < 4.78 is 19.5. The summed E-state index contributed by atoms with van der Waals surface area (Å²) in [5.74, 6) is 0.645. The van der Waals surface area contributed by atoms with Crippen LogP contribution in [0, 0.1) is 5.82 Å². The lowest BCUT2D eigenvalue weighted by Gasteiger charge is -2.32. The first kappa shape index (κ1) is 17.6. The smallest absolute Gasteiger partial charge is 0.193 e. The zero-order valence-electron chi connectivity index (χ0n) is 14.0. The highest BCUT2D eigenvalue weighted by Crippen LogP contribution is 2.18. The fourth-order valence-electron chi connectivity index (χ4n) is 3.34. The summed E-state index contributed by atoms with van der Waals surface area (Å²) in [6.07, 6.45) is 1.15. The van der Waals surface area contributed by atoms with Crippen LogP contribution in [0.2, 0.25) is 0 Å². The molecule has 7 heteroatoms. The summed E-state index contributed by atoms with van der Waals surface area (Å²) in [5.41, 5.74) is 0.903. The van der Waals surface area contributed by atoms with E-state index in [9.17, 15) is 4.39 Å². The van der Waals surface area contributed by atoms with Crippen LogP contribution in [0.3, 0.4) is 0 Å². The molecule has 1 unspecified atom stereocenters. The SMILES string of the molecule is CN=C(NCc1ccc(Br)c(F)c1)N1CCC(N2CCOCC2)C1. The standard InChI is InChI=1S/C17H24BrFN4O/c1-20-17(21-11-13-2-3-15(18)16(19)10-13)23-5-4-14(12-23)22-6-8-24-9-7-22/h2-3,10,14H,4-9,11-12H2,1H3,(H,20,21). The molecule has 2 heterocycles. The van der Waals surface area contributed by atoms with Crippen LogP contribution in [0.15, 0.2) is 27.7 Å². The monoisotopic (exact) mass is 398 g/mol. The van der Waals surface area contributed by atoms with Crippen LogP contribution in [-0.2, 0) is 11.3 Å². The molecule has 0 spiro atoms. The predicted molar refractivity (Wildman–Crippen MR) is 96.7 cm³/mol. The second kappa shape index (κ2) is 8.27. The normalized spacial score (nSPS) is 22.9. The number of hydrogen-bond acceptors (Lipinski definition) is 3. The molecule has 2 saturated heterocycles. The molecule has 0 saturated carbocycles. The van der Waals surface area contributed by atoms with Gasteiger partial charge in [0.1, 0.15) is 5.82 Å². The molecule has 5 nitrogen and oxygen atoms in total. The molecule has 132 valence electrons. The first-order valence-electron chi connectivity index (χ1n) is 8.38. The molecule has 24 heavy (non-hydrogen) atoms. The fourth-order valence-corrected chi connectivity index (χ4v) is 3.58. The molecule has 1 atom stereocenters. The molecule has 1 N–H and O–H groups in total. The maximum atomic E-state index is 13.6.